The first kappa shape index (κ1) is 18.5. The number of rotatable bonds is 5. The molecule has 6 nitrogen and oxygen atoms in total. The second-order valence-corrected chi connectivity index (χ2v) is 6.66. The van der Waals surface area contributed by atoms with E-state index in [1.165, 1.54) is 5.56 Å². The number of hydrogen-bond donors (Lipinski definition) is 2. The minimum Gasteiger partial charge on any atom is -0.444 e. The van der Waals surface area contributed by atoms with Gasteiger partial charge in [-0.25, -0.2) is 4.98 Å². The third-order valence-corrected chi connectivity index (χ3v) is 4.81. The van der Waals surface area contributed by atoms with Crippen molar-refractivity contribution >= 4 is 5.96 Å². The normalized spacial score (nSPS) is 20.8. The van der Waals surface area contributed by atoms with Gasteiger partial charge in [0, 0.05) is 26.1 Å². The Morgan fingerprint density at radius 1 is 1.23 bits per heavy atom. The predicted molar refractivity (Wildman–Crippen MR) is 102 cm³/mol. The molecule has 2 atom stereocenters. The quantitative estimate of drug-likeness (QED) is 0.636. The second-order valence-electron chi connectivity index (χ2n) is 6.66. The van der Waals surface area contributed by atoms with E-state index in [0.29, 0.717) is 18.4 Å². The number of oxazole rings is 1. The predicted octanol–water partition coefficient (Wildman–Crippen LogP) is 3.12. The highest BCUT2D eigenvalue weighted by Gasteiger charge is 2.27. The molecule has 2 N–H and O–H groups in total. The molecule has 140 valence electrons. The number of guanidine groups is 1. The van der Waals surface area contributed by atoms with Crippen LogP contribution in [0.25, 0.3) is 0 Å². The van der Waals surface area contributed by atoms with Crippen molar-refractivity contribution in [2.24, 2.45) is 10.9 Å². The molecule has 0 aliphatic carbocycles. The summed E-state index contributed by atoms with van der Waals surface area (Å²) < 4.78 is 11.7. The molecule has 2 unspecified atom stereocenters. The van der Waals surface area contributed by atoms with E-state index in [0.717, 1.165) is 43.4 Å². The van der Waals surface area contributed by atoms with E-state index in [-0.39, 0.29) is 6.10 Å². The fraction of sp³-hybridized carbons (Fsp3) is 0.500. The third-order valence-electron chi connectivity index (χ3n) is 4.81. The van der Waals surface area contributed by atoms with Crippen LogP contribution in [0.15, 0.2) is 39.7 Å². The lowest BCUT2D eigenvalue weighted by atomic mass is 9.89. The fourth-order valence-corrected chi connectivity index (χ4v) is 3.29. The summed E-state index contributed by atoms with van der Waals surface area (Å²) in [4.78, 5) is 8.68. The van der Waals surface area contributed by atoms with Crippen molar-refractivity contribution in [3.05, 3.63) is 53.2 Å². The van der Waals surface area contributed by atoms with E-state index in [9.17, 15) is 0 Å². The van der Waals surface area contributed by atoms with E-state index < -0.39 is 0 Å². The Morgan fingerprint density at radius 2 is 2.04 bits per heavy atom. The summed E-state index contributed by atoms with van der Waals surface area (Å²) in [6.07, 6.45) is 2.37. The van der Waals surface area contributed by atoms with Crippen LogP contribution in [0.1, 0.15) is 41.9 Å². The highest BCUT2D eigenvalue weighted by molar-refractivity contribution is 5.79. The lowest BCUT2D eigenvalue weighted by molar-refractivity contribution is -0.0265. The maximum absolute atomic E-state index is 6.06. The maximum Gasteiger partial charge on any atom is 0.214 e. The zero-order valence-electron chi connectivity index (χ0n) is 15.8. The molecule has 0 amide bonds. The number of aryl methyl sites for hydroxylation is 2. The van der Waals surface area contributed by atoms with Crippen molar-refractivity contribution in [2.75, 3.05) is 20.2 Å². The van der Waals surface area contributed by atoms with Gasteiger partial charge >= 0.3 is 0 Å². The molecule has 6 heteroatoms. The summed E-state index contributed by atoms with van der Waals surface area (Å²) in [5.41, 5.74) is 2.17. The molecule has 1 fully saturated rings. The van der Waals surface area contributed by atoms with Crippen LogP contribution in [-0.2, 0) is 11.3 Å². The molecule has 3 rings (SSSR count). The topological polar surface area (TPSA) is 71.7 Å². The van der Waals surface area contributed by atoms with Gasteiger partial charge in [0.2, 0.25) is 5.89 Å². The molecular formula is C20H28N4O2. The van der Waals surface area contributed by atoms with Gasteiger partial charge in [-0.05, 0) is 32.3 Å². The van der Waals surface area contributed by atoms with Gasteiger partial charge in [0.15, 0.2) is 5.96 Å². The number of nitrogens with zero attached hydrogens (tertiary/aromatic N) is 2. The average Bonchev–Trinajstić information content (AvgIpc) is 3.00. The second kappa shape index (κ2) is 8.85. The van der Waals surface area contributed by atoms with E-state index >= 15 is 0 Å². The maximum atomic E-state index is 6.06. The Bertz CT molecular complexity index is 707. The van der Waals surface area contributed by atoms with E-state index in [4.69, 9.17) is 9.15 Å². The number of nitrogens with one attached hydrogen (secondary N) is 2. The van der Waals surface area contributed by atoms with Gasteiger partial charge in [-0.1, -0.05) is 30.3 Å². The zero-order valence-corrected chi connectivity index (χ0v) is 15.8. The van der Waals surface area contributed by atoms with E-state index in [1.54, 1.807) is 7.05 Å². The molecule has 0 bridgehead atoms. The van der Waals surface area contributed by atoms with E-state index in [2.05, 4.69) is 44.9 Å². The summed E-state index contributed by atoms with van der Waals surface area (Å²) >= 11 is 0. The number of ether oxygens (including phenoxy) is 1. The van der Waals surface area contributed by atoms with Crippen molar-refractivity contribution < 1.29 is 9.15 Å². The SMILES string of the molecule is CN=C(NCc1nc(C)c(C)o1)NCC1CCCOC1c1ccccc1. The van der Waals surface area contributed by atoms with Crippen molar-refractivity contribution in [2.45, 2.75) is 39.3 Å². The largest absolute Gasteiger partial charge is 0.444 e. The van der Waals surface area contributed by atoms with Crippen molar-refractivity contribution in [3.63, 3.8) is 0 Å². The lowest BCUT2D eigenvalue weighted by Gasteiger charge is -2.32. The van der Waals surface area contributed by atoms with Gasteiger partial charge in [0.25, 0.3) is 0 Å². The van der Waals surface area contributed by atoms with E-state index in [1.807, 2.05) is 19.9 Å². The van der Waals surface area contributed by atoms with Crippen molar-refractivity contribution in [1.82, 2.24) is 15.6 Å². The minimum atomic E-state index is 0.132. The molecule has 1 aromatic heterocycles. The van der Waals surface area contributed by atoms with Crippen LogP contribution >= 0.6 is 0 Å². The summed E-state index contributed by atoms with van der Waals surface area (Å²) in [7, 11) is 1.77. The van der Waals surface area contributed by atoms with Gasteiger partial charge in [-0.15, -0.1) is 0 Å². The molecule has 1 saturated heterocycles. The Labute approximate surface area is 155 Å². The number of benzene rings is 1. The average molecular weight is 356 g/mol. The number of aliphatic imine (C=N–C) groups is 1. The monoisotopic (exact) mass is 356 g/mol. The molecule has 1 aliphatic rings. The molecule has 26 heavy (non-hydrogen) atoms. The van der Waals surface area contributed by atoms with Crippen LogP contribution in [0.3, 0.4) is 0 Å². The van der Waals surface area contributed by atoms with Crippen LogP contribution in [0.4, 0.5) is 0 Å². The molecule has 1 aliphatic heterocycles. The summed E-state index contributed by atoms with van der Waals surface area (Å²) in [6.45, 7) is 6.01. The molecular weight excluding hydrogens is 328 g/mol. The Kier molecular flexibility index (Phi) is 6.28. The molecule has 0 radical (unpaired) electrons. The highest BCUT2D eigenvalue weighted by atomic mass is 16.5. The first-order chi connectivity index (χ1) is 12.7. The molecule has 0 spiro atoms. The van der Waals surface area contributed by atoms with Gasteiger partial charge < -0.3 is 19.8 Å². The fourth-order valence-electron chi connectivity index (χ4n) is 3.29. The van der Waals surface area contributed by atoms with Gasteiger partial charge in [-0.3, -0.25) is 4.99 Å². The molecule has 1 aromatic carbocycles. The highest BCUT2D eigenvalue weighted by Crippen LogP contribution is 2.32. The smallest absolute Gasteiger partial charge is 0.214 e. The van der Waals surface area contributed by atoms with Crippen LogP contribution in [-0.4, -0.2) is 31.1 Å². The van der Waals surface area contributed by atoms with Gasteiger partial charge in [0.1, 0.15) is 5.76 Å². The standard InChI is InChI=1S/C20H28N4O2/c1-14-15(2)26-18(24-14)13-23-20(21-3)22-12-17-10-7-11-25-19(17)16-8-5-4-6-9-16/h4-6,8-9,17,19H,7,10-13H2,1-3H3,(H2,21,22,23). The lowest BCUT2D eigenvalue weighted by Crippen LogP contribution is -2.41. The summed E-state index contributed by atoms with van der Waals surface area (Å²) in [5.74, 6) is 2.69. The van der Waals surface area contributed by atoms with Gasteiger partial charge in [0.05, 0.1) is 18.3 Å². The summed E-state index contributed by atoms with van der Waals surface area (Å²) in [6, 6.07) is 10.5. The Hall–Kier alpha value is -2.34. The zero-order chi connectivity index (χ0) is 18.4. The molecule has 2 heterocycles. The minimum absolute atomic E-state index is 0.132. The first-order valence-corrected chi connectivity index (χ1v) is 9.21. The van der Waals surface area contributed by atoms with Crippen molar-refractivity contribution in [3.8, 4) is 0 Å². The van der Waals surface area contributed by atoms with Crippen molar-refractivity contribution in [1.29, 1.82) is 0 Å². The Balaban J connectivity index is 1.55. The number of hydrogen-bond acceptors (Lipinski definition) is 4. The van der Waals surface area contributed by atoms with Crippen LogP contribution in [0, 0.1) is 19.8 Å². The van der Waals surface area contributed by atoms with Crippen LogP contribution in [0.5, 0.6) is 0 Å². The van der Waals surface area contributed by atoms with Crippen LogP contribution < -0.4 is 10.6 Å². The van der Waals surface area contributed by atoms with Crippen LogP contribution in [0.2, 0.25) is 0 Å². The third kappa shape index (κ3) is 4.64. The summed E-state index contributed by atoms with van der Waals surface area (Å²) in [5, 5.41) is 6.68. The molecule has 2 aromatic rings. The Morgan fingerprint density at radius 3 is 2.73 bits per heavy atom. The molecule has 0 saturated carbocycles. The van der Waals surface area contributed by atoms with Gasteiger partial charge in [-0.2, -0.15) is 0 Å². The number of aromatic nitrogens is 1. The first-order valence-electron chi connectivity index (χ1n) is 9.21.